The molecule has 11 nitrogen and oxygen atoms in total. The SMILES string of the molecule is COc1ccc(S(=O)(=O)NC(CC(C)(C)CCOC(N)=O)[C@H](O)[C@H](Cc2ccccc2)NC(=O)OC(C)(C)C)cc1. The van der Waals surface area contributed by atoms with Crippen LogP contribution in [0.3, 0.4) is 0 Å². The molecule has 5 N–H and O–H groups in total. The molecule has 0 fully saturated rings. The van der Waals surface area contributed by atoms with E-state index in [-0.39, 0.29) is 24.3 Å². The van der Waals surface area contributed by atoms with Crippen molar-refractivity contribution in [1.82, 2.24) is 10.0 Å². The minimum Gasteiger partial charge on any atom is -0.497 e. The van der Waals surface area contributed by atoms with Crippen molar-refractivity contribution >= 4 is 22.2 Å². The third-order valence-corrected chi connectivity index (χ3v) is 7.80. The number of methoxy groups -OCH3 is 1. The van der Waals surface area contributed by atoms with E-state index in [4.69, 9.17) is 19.9 Å². The normalized spacial score (nSPS) is 14.4. The Morgan fingerprint density at radius 3 is 2.12 bits per heavy atom. The number of amides is 2. The first kappa shape index (κ1) is 33.9. The average Bonchev–Trinajstić information content (AvgIpc) is 2.86. The van der Waals surface area contributed by atoms with Gasteiger partial charge in [-0.2, -0.15) is 0 Å². The molecule has 0 radical (unpaired) electrons. The zero-order chi connectivity index (χ0) is 30.8. The third-order valence-electron chi connectivity index (χ3n) is 6.30. The maximum Gasteiger partial charge on any atom is 0.407 e. The Bertz CT molecular complexity index is 1230. The lowest BCUT2D eigenvalue weighted by molar-refractivity contribution is 0.0341. The molecule has 0 heterocycles. The zero-order valence-corrected chi connectivity index (χ0v) is 25.4. The number of sulfonamides is 1. The van der Waals surface area contributed by atoms with Crippen molar-refractivity contribution in [3.8, 4) is 5.75 Å². The number of carbonyl (C=O) groups is 2. The molecule has 228 valence electrons. The van der Waals surface area contributed by atoms with Crippen LogP contribution < -0.4 is 20.5 Å². The monoisotopic (exact) mass is 593 g/mol. The standard InChI is InChI=1S/C29H43N3O8S/c1-28(2,3)40-27(35)31-23(18-20-10-8-7-9-11-20)25(33)24(19-29(4,5)16-17-39-26(30)34)32-41(36,37)22-14-12-21(38-6)13-15-22/h7-15,23-25,32-33H,16-19H2,1-6H3,(H2,30,34)(H,31,35)/t23-,24?,25+/m0/s1. The van der Waals surface area contributed by atoms with Crippen molar-refractivity contribution in [3.63, 3.8) is 0 Å². The lowest BCUT2D eigenvalue weighted by atomic mass is 9.80. The van der Waals surface area contributed by atoms with Gasteiger partial charge in [0.15, 0.2) is 0 Å². The lowest BCUT2D eigenvalue weighted by Gasteiger charge is -2.36. The van der Waals surface area contributed by atoms with Crippen molar-refractivity contribution in [3.05, 3.63) is 60.2 Å². The van der Waals surface area contributed by atoms with E-state index in [2.05, 4.69) is 10.0 Å². The fourth-order valence-corrected chi connectivity index (χ4v) is 5.50. The highest BCUT2D eigenvalue weighted by Crippen LogP contribution is 2.30. The maximum atomic E-state index is 13.5. The second-order valence-electron chi connectivity index (χ2n) is 11.6. The first-order valence-electron chi connectivity index (χ1n) is 13.3. The Kier molecular flexibility index (Phi) is 12.0. The first-order valence-corrected chi connectivity index (χ1v) is 14.8. The number of ether oxygens (including phenoxy) is 3. The Labute approximate surface area is 242 Å². The molecule has 0 bridgehead atoms. The summed E-state index contributed by atoms with van der Waals surface area (Å²) in [5.41, 5.74) is 4.50. The van der Waals surface area contributed by atoms with Gasteiger partial charge in [-0.3, -0.25) is 0 Å². The number of hydrogen-bond donors (Lipinski definition) is 4. The van der Waals surface area contributed by atoms with E-state index in [1.54, 1.807) is 20.8 Å². The minimum atomic E-state index is -4.11. The highest BCUT2D eigenvalue weighted by molar-refractivity contribution is 7.89. The van der Waals surface area contributed by atoms with Crippen LogP contribution >= 0.6 is 0 Å². The Morgan fingerprint density at radius 2 is 1.59 bits per heavy atom. The Morgan fingerprint density at radius 1 is 0.976 bits per heavy atom. The van der Waals surface area contributed by atoms with Crippen LogP contribution in [-0.4, -0.2) is 63.2 Å². The predicted octanol–water partition coefficient (Wildman–Crippen LogP) is 3.74. The van der Waals surface area contributed by atoms with E-state index in [0.717, 1.165) is 5.56 Å². The van der Waals surface area contributed by atoms with Gasteiger partial charge in [0.25, 0.3) is 0 Å². The molecule has 0 aliphatic carbocycles. The van der Waals surface area contributed by atoms with Gasteiger partial charge >= 0.3 is 12.2 Å². The molecular formula is C29H43N3O8S. The molecule has 2 rings (SSSR count). The van der Waals surface area contributed by atoms with Gasteiger partial charge in [-0.15, -0.1) is 0 Å². The topological polar surface area (TPSA) is 166 Å². The first-order chi connectivity index (χ1) is 19.0. The summed E-state index contributed by atoms with van der Waals surface area (Å²) < 4.78 is 45.0. The molecule has 0 aliphatic heterocycles. The molecule has 2 aromatic carbocycles. The Balaban J connectivity index is 2.44. The summed E-state index contributed by atoms with van der Waals surface area (Å²) in [6.45, 7) is 8.88. The molecule has 2 amide bonds. The van der Waals surface area contributed by atoms with Gasteiger partial charge in [0.05, 0.1) is 36.8 Å². The van der Waals surface area contributed by atoms with Gasteiger partial charge in [-0.05, 0) is 75.3 Å². The molecular weight excluding hydrogens is 550 g/mol. The minimum absolute atomic E-state index is 0.0139. The summed E-state index contributed by atoms with van der Waals surface area (Å²) in [6.07, 6.45) is -2.37. The molecule has 12 heteroatoms. The Hall–Kier alpha value is -3.35. The molecule has 1 unspecified atom stereocenters. The second-order valence-corrected chi connectivity index (χ2v) is 13.3. The summed E-state index contributed by atoms with van der Waals surface area (Å²) in [7, 11) is -2.64. The molecule has 0 aromatic heterocycles. The van der Waals surface area contributed by atoms with E-state index in [1.807, 2.05) is 44.2 Å². The van der Waals surface area contributed by atoms with Crippen LogP contribution in [-0.2, 0) is 25.9 Å². The van der Waals surface area contributed by atoms with Gasteiger partial charge < -0.3 is 30.4 Å². The van der Waals surface area contributed by atoms with Gasteiger partial charge in [0.2, 0.25) is 10.0 Å². The highest BCUT2D eigenvalue weighted by Gasteiger charge is 2.37. The van der Waals surface area contributed by atoms with E-state index >= 15 is 0 Å². The lowest BCUT2D eigenvalue weighted by Crippen LogP contribution is -2.56. The molecule has 0 saturated heterocycles. The summed E-state index contributed by atoms with van der Waals surface area (Å²) in [5.74, 6) is 0.487. The van der Waals surface area contributed by atoms with Crippen LogP contribution in [0.25, 0.3) is 0 Å². The number of benzene rings is 2. The van der Waals surface area contributed by atoms with E-state index in [1.165, 1.54) is 31.4 Å². The summed E-state index contributed by atoms with van der Waals surface area (Å²) in [5, 5.41) is 14.5. The van der Waals surface area contributed by atoms with Crippen molar-refractivity contribution in [2.45, 2.75) is 82.6 Å². The fraction of sp³-hybridized carbons (Fsp3) is 0.517. The number of primary amides is 1. The number of nitrogens with two attached hydrogens (primary N) is 1. The summed E-state index contributed by atoms with van der Waals surface area (Å²) in [4.78, 5) is 23.8. The molecule has 0 spiro atoms. The van der Waals surface area contributed by atoms with Crippen molar-refractivity contribution < 1.29 is 37.3 Å². The van der Waals surface area contributed by atoms with Crippen LogP contribution in [0.2, 0.25) is 0 Å². The number of aliphatic hydroxyl groups excluding tert-OH is 1. The second kappa shape index (κ2) is 14.5. The number of hydrogen-bond acceptors (Lipinski definition) is 8. The fourth-order valence-electron chi connectivity index (χ4n) is 4.24. The van der Waals surface area contributed by atoms with Crippen LogP contribution in [0.5, 0.6) is 5.75 Å². The van der Waals surface area contributed by atoms with Gasteiger partial charge in [0.1, 0.15) is 11.4 Å². The molecule has 41 heavy (non-hydrogen) atoms. The third kappa shape index (κ3) is 12.0. The van der Waals surface area contributed by atoms with Crippen molar-refractivity contribution in [2.75, 3.05) is 13.7 Å². The zero-order valence-electron chi connectivity index (χ0n) is 24.5. The molecule has 0 saturated carbocycles. The van der Waals surface area contributed by atoms with Crippen LogP contribution in [0.1, 0.15) is 53.0 Å². The number of aliphatic hydroxyl groups is 1. The number of carbonyl (C=O) groups excluding carboxylic acids is 2. The smallest absolute Gasteiger partial charge is 0.407 e. The van der Waals surface area contributed by atoms with E-state index in [9.17, 15) is 23.1 Å². The summed E-state index contributed by atoms with van der Waals surface area (Å²) in [6, 6.07) is 13.1. The summed E-state index contributed by atoms with van der Waals surface area (Å²) >= 11 is 0. The van der Waals surface area contributed by atoms with Crippen LogP contribution in [0, 0.1) is 5.41 Å². The molecule has 0 aliphatic rings. The average molecular weight is 594 g/mol. The van der Waals surface area contributed by atoms with Gasteiger partial charge in [-0.25, -0.2) is 22.7 Å². The highest BCUT2D eigenvalue weighted by atomic mass is 32.2. The predicted molar refractivity (Wildman–Crippen MR) is 155 cm³/mol. The van der Waals surface area contributed by atoms with Gasteiger partial charge in [0, 0.05) is 0 Å². The largest absolute Gasteiger partial charge is 0.497 e. The molecule has 3 atom stereocenters. The quantitative estimate of drug-likeness (QED) is 0.257. The van der Waals surface area contributed by atoms with Gasteiger partial charge in [-0.1, -0.05) is 44.2 Å². The van der Waals surface area contributed by atoms with Crippen LogP contribution in [0.4, 0.5) is 9.59 Å². The molecule has 2 aromatic rings. The van der Waals surface area contributed by atoms with Crippen LogP contribution in [0.15, 0.2) is 59.5 Å². The number of rotatable bonds is 14. The van der Waals surface area contributed by atoms with Crippen molar-refractivity contribution in [2.24, 2.45) is 11.1 Å². The number of nitrogens with one attached hydrogen (secondary N) is 2. The maximum absolute atomic E-state index is 13.5. The van der Waals surface area contributed by atoms with Crippen molar-refractivity contribution in [1.29, 1.82) is 0 Å². The van der Waals surface area contributed by atoms with E-state index in [0.29, 0.717) is 12.2 Å². The van der Waals surface area contributed by atoms with E-state index < -0.39 is 51.4 Å². The number of alkyl carbamates (subject to hydrolysis) is 1.